The Morgan fingerprint density at radius 1 is 1.28 bits per heavy atom. The number of sulfonamides is 1. The van der Waals surface area contributed by atoms with Crippen LogP contribution in [0.1, 0.15) is 24.0 Å². The molecule has 2 amide bonds. The quantitative estimate of drug-likeness (QED) is 0.702. The smallest absolute Gasteiger partial charge is 0.262 e. The molecule has 4 rings (SSSR count). The first-order chi connectivity index (χ1) is 15.2. The van der Waals surface area contributed by atoms with Gasteiger partial charge in [-0.25, -0.2) is 8.42 Å². The van der Waals surface area contributed by atoms with Crippen molar-refractivity contribution < 1.29 is 22.7 Å². The minimum Gasteiger partial charge on any atom is -0.482 e. The first kappa shape index (κ1) is 22.6. The molecule has 2 aromatic rings. The lowest BCUT2D eigenvalue weighted by Crippen LogP contribution is -2.43. The van der Waals surface area contributed by atoms with Gasteiger partial charge in [0.05, 0.1) is 16.6 Å². The Kier molecular flexibility index (Phi) is 6.15. The predicted octanol–water partition coefficient (Wildman–Crippen LogP) is 3.33. The van der Waals surface area contributed by atoms with Gasteiger partial charge in [-0.2, -0.15) is 4.31 Å². The molecule has 2 aromatic carbocycles. The van der Waals surface area contributed by atoms with E-state index in [9.17, 15) is 18.0 Å². The van der Waals surface area contributed by atoms with Crippen molar-refractivity contribution in [2.24, 2.45) is 5.92 Å². The molecule has 0 saturated carbocycles. The van der Waals surface area contributed by atoms with Crippen molar-refractivity contribution in [1.82, 2.24) is 4.31 Å². The van der Waals surface area contributed by atoms with Crippen LogP contribution in [0.4, 0.5) is 11.4 Å². The molecule has 32 heavy (non-hydrogen) atoms. The molecule has 2 heterocycles. The van der Waals surface area contributed by atoms with Gasteiger partial charge in [0.2, 0.25) is 15.9 Å². The van der Waals surface area contributed by atoms with Gasteiger partial charge in [-0.05, 0) is 49.9 Å². The van der Waals surface area contributed by atoms with Gasteiger partial charge >= 0.3 is 0 Å². The molecule has 170 valence electrons. The van der Waals surface area contributed by atoms with E-state index in [0.717, 1.165) is 16.8 Å². The van der Waals surface area contributed by atoms with Crippen LogP contribution in [0.3, 0.4) is 0 Å². The molecular formula is C22H24ClN3O5S. The molecule has 1 fully saturated rings. The predicted molar refractivity (Wildman–Crippen MR) is 122 cm³/mol. The summed E-state index contributed by atoms with van der Waals surface area (Å²) in [5, 5.41) is 5.53. The number of halogens is 1. The van der Waals surface area contributed by atoms with Crippen molar-refractivity contribution in [3.8, 4) is 5.75 Å². The van der Waals surface area contributed by atoms with Gasteiger partial charge in [0, 0.05) is 24.8 Å². The summed E-state index contributed by atoms with van der Waals surface area (Å²) < 4.78 is 33.3. The van der Waals surface area contributed by atoms with Gasteiger partial charge in [-0.3, -0.25) is 9.59 Å². The number of piperidine rings is 1. The van der Waals surface area contributed by atoms with Crippen molar-refractivity contribution >= 4 is 44.8 Å². The zero-order chi connectivity index (χ0) is 23.0. The average molecular weight is 478 g/mol. The second-order valence-electron chi connectivity index (χ2n) is 8.05. The third-order valence-electron chi connectivity index (χ3n) is 5.90. The first-order valence-electron chi connectivity index (χ1n) is 10.3. The number of anilines is 2. The van der Waals surface area contributed by atoms with Crippen LogP contribution in [0.25, 0.3) is 0 Å². The zero-order valence-corrected chi connectivity index (χ0v) is 19.3. The number of carbonyl (C=O) groups is 2. The number of fused-ring (bicyclic) bond motifs is 1. The number of nitrogens with zero attached hydrogens (tertiary/aromatic N) is 1. The SMILES string of the molecule is Cc1cccc(NC(=O)[C@H]2CCCN(S(=O)(=O)c3cc4c(cc3Cl)NC(=O)CO4)C2)c1C. The van der Waals surface area contributed by atoms with Gasteiger partial charge in [0.15, 0.2) is 6.61 Å². The molecule has 0 aromatic heterocycles. The number of hydrogen-bond acceptors (Lipinski definition) is 5. The van der Waals surface area contributed by atoms with Gasteiger partial charge in [0.25, 0.3) is 5.91 Å². The Labute approximate surface area is 191 Å². The lowest BCUT2D eigenvalue weighted by atomic mass is 9.98. The average Bonchev–Trinajstić information content (AvgIpc) is 2.76. The largest absolute Gasteiger partial charge is 0.482 e. The molecule has 1 saturated heterocycles. The zero-order valence-electron chi connectivity index (χ0n) is 17.8. The molecule has 0 radical (unpaired) electrons. The van der Waals surface area contributed by atoms with E-state index in [4.69, 9.17) is 16.3 Å². The Morgan fingerprint density at radius 2 is 2.06 bits per heavy atom. The maximum Gasteiger partial charge on any atom is 0.262 e. The normalized spacial score (nSPS) is 19.0. The molecule has 2 aliphatic rings. The fourth-order valence-corrected chi connectivity index (χ4v) is 5.96. The summed E-state index contributed by atoms with van der Waals surface area (Å²) >= 11 is 6.26. The maximum atomic E-state index is 13.4. The summed E-state index contributed by atoms with van der Waals surface area (Å²) in [5.74, 6) is -0.779. The molecule has 2 aliphatic heterocycles. The highest BCUT2D eigenvalue weighted by Crippen LogP contribution is 2.37. The van der Waals surface area contributed by atoms with Crippen LogP contribution in [-0.4, -0.2) is 44.2 Å². The van der Waals surface area contributed by atoms with E-state index in [-0.39, 0.29) is 40.6 Å². The molecular weight excluding hydrogens is 454 g/mol. The van der Waals surface area contributed by atoms with E-state index < -0.39 is 15.9 Å². The van der Waals surface area contributed by atoms with Crippen molar-refractivity contribution in [1.29, 1.82) is 0 Å². The van der Waals surface area contributed by atoms with Gasteiger partial charge in [-0.1, -0.05) is 23.7 Å². The van der Waals surface area contributed by atoms with E-state index in [2.05, 4.69) is 10.6 Å². The van der Waals surface area contributed by atoms with Crippen LogP contribution in [0.5, 0.6) is 5.75 Å². The molecule has 0 bridgehead atoms. The lowest BCUT2D eigenvalue weighted by Gasteiger charge is -2.32. The number of amides is 2. The molecule has 2 N–H and O–H groups in total. The summed E-state index contributed by atoms with van der Waals surface area (Å²) in [6.45, 7) is 4.06. The van der Waals surface area contributed by atoms with Crippen molar-refractivity contribution in [3.05, 3.63) is 46.5 Å². The maximum absolute atomic E-state index is 13.4. The van der Waals surface area contributed by atoms with Crippen LogP contribution in [0, 0.1) is 19.8 Å². The standard InChI is InChI=1S/C22H24ClN3O5S/c1-13-5-3-7-17(14(13)2)25-22(28)15-6-4-8-26(11-15)32(29,30)20-10-19-18(9-16(20)23)24-21(27)12-31-19/h3,5,7,9-10,15H,4,6,8,11-12H2,1-2H3,(H,24,27)(H,25,28)/t15-/m0/s1. The van der Waals surface area contributed by atoms with Gasteiger partial charge in [0.1, 0.15) is 10.6 Å². The van der Waals surface area contributed by atoms with Gasteiger partial charge in [-0.15, -0.1) is 0 Å². The topological polar surface area (TPSA) is 105 Å². The third-order valence-corrected chi connectivity index (χ3v) is 8.23. The summed E-state index contributed by atoms with van der Waals surface area (Å²) in [4.78, 5) is 24.3. The Hall–Kier alpha value is -2.62. The minimum absolute atomic E-state index is 0.0171. The number of hydrogen-bond donors (Lipinski definition) is 2. The number of nitrogens with one attached hydrogen (secondary N) is 2. The monoisotopic (exact) mass is 477 g/mol. The van der Waals surface area contributed by atoms with E-state index in [1.807, 2.05) is 32.0 Å². The molecule has 0 unspecified atom stereocenters. The van der Waals surface area contributed by atoms with E-state index in [1.54, 1.807) is 0 Å². The number of aryl methyl sites for hydroxylation is 1. The summed E-state index contributed by atoms with van der Waals surface area (Å²) in [6.07, 6.45) is 1.15. The Morgan fingerprint density at radius 3 is 2.84 bits per heavy atom. The molecule has 1 atom stereocenters. The molecule has 8 nitrogen and oxygen atoms in total. The van der Waals surface area contributed by atoms with E-state index in [0.29, 0.717) is 25.1 Å². The number of rotatable bonds is 4. The van der Waals surface area contributed by atoms with Crippen LogP contribution < -0.4 is 15.4 Å². The molecule has 0 aliphatic carbocycles. The summed E-state index contributed by atoms with van der Waals surface area (Å²) in [6, 6.07) is 8.38. The molecule has 0 spiro atoms. The van der Waals surface area contributed by atoms with E-state index >= 15 is 0 Å². The first-order valence-corrected chi connectivity index (χ1v) is 12.1. The number of ether oxygens (including phenoxy) is 1. The second-order valence-corrected chi connectivity index (χ2v) is 10.4. The van der Waals surface area contributed by atoms with Crippen molar-refractivity contribution in [2.75, 3.05) is 30.3 Å². The fourth-order valence-electron chi connectivity index (χ4n) is 3.91. The number of carbonyl (C=O) groups excluding carboxylic acids is 2. The highest BCUT2D eigenvalue weighted by Gasteiger charge is 2.35. The third kappa shape index (κ3) is 4.32. The number of benzene rings is 2. The lowest BCUT2D eigenvalue weighted by molar-refractivity contribution is -0.121. The molecule has 10 heteroatoms. The Bertz CT molecular complexity index is 1200. The van der Waals surface area contributed by atoms with Crippen LogP contribution in [0.2, 0.25) is 5.02 Å². The second kappa shape index (κ2) is 8.73. The summed E-state index contributed by atoms with van der Waals surface area (Å²) in [5.41, 5.74) is 3.10. The van der Waals surface area contributed by atoms with Gasteiger partial charge < -0.3 is 15.4 Å². The van der Waals surface area contributed by atoms with Crippen LogP contribution >= 0.6 is 11.6 Å². The van der Waals surface area contributed by atoms with E-state index in [1.165, 1.54) is 16.4 Å². The van der Waals surface area contributed by atoms with Crippen LogP contribution in [-0.2, 0) is 19.6 Å². The minimum atomic E-state index is -3.97. The fraction of sp³-hybridized carbons (Fsp3) is 0.364. The Balaban J connectivity index is 1.54. The highest BCUT2D eigenvalue weighted by molar-refractivity contribution is 7.89. The highest BCUT2D eigenvalue weighted by atomic mass is 35.5. The summed E-state index contributed by atoms with van der Waals surface area (Å²) in [7, 11) is -3.97. The van der Waals surface area contributed by atoms with Crippen molar-refractivity contribution in [2.45, 2.75) is 31.6 Å². The van der Waals surface area contributed by atoms with Crippen LogP contribution in [0.15, 0.2) is 35.2 Å². The van der Waals surface area contributed by atoms with Crippen molar-refractivity contribution in [3.63, 3.8) is 0 Å².